The van der Waals surface area contributed by atoms with Gasteiger partial charge in [-0.2, -0.15) is 0 Å². The van der Waals surface area contributed by atoms with Crippen LogP contribution in [0.5, 0.6) is 0 Å². The fourth-order valence-corrected chi connectivity index (χ4v) is 2.18. The first-order valence-electron chi connectivity index (χ1n) is 6.48. The van der Waals surface area contributed by atoms with Crippen LogP contribution in [-0.4, -0.2) is 24.7 Å². The number of carbonyl (C=O) groups is 1. The van der Waals surface area contributed by atoms with Crippen molar-refractivity contribution < 1.29 is 9.53 Å². The van der Waals surface area contributed by atoms with Gasteiger partial charge in [-0.1, -0.05) is 26.0 Å². The van der Waals surface area contributed by atoms with Crippen LogP contribution in [0.1, 0.15) is 39.2 Å². The molecule has 0 aliphatic carbocycles. The van der Waals surface area contributed by atoms with E-state index in [4.69, 9.17) is 4.74 Å². The van der Waals surface area contributed by atoms with Crippen molar-refractivity contribution in [2.45, 2.75) is 39.2 Å². The average Bonchev–Trinajstić information content (AvgIpc) is 2.33. The highest BCUT2D eigenvalue weighted by atomic mass is 16.5. The van der Waals surface area contributed by atoms with Crippen molar-refractivity contribution in [1.29, 1.82) is 0 Å². The maximum atomic E-state index is 12.3. The average molecular weight is 247 g/mol. The summed E-state index contributed by atoms with van der Waals surface area (Å²) >= 11 is 0. The van der Waals surface area contributed by atoms with Gasteiger partial charge >= 0.3 is 0 Å². The van der Waals surface area contributed by atoms with E-state index in [2.05, 4.69) is 26.0 Å². The molecule has 0 unspecified atom stereocenters. The summed E-state index contributed by atoms with van der Waals surface area (Å²) in [6, 6.07) is 8.21. The van der Waals surface area contributed by atoms with Gasteiger partial charge in [-0.25, -0.2) is 0 Å². The monoisotopic (exact) mass is 247 g/mol. The molecular formula is C15H21NO2. The van der Waals surface area contributed by atoms with E-state index in [9.17, 15) is 4.79 Å². The molecule has 3 heteroatoms. The van der Waals surface area contributed by atoms with E-state index in [0.29, 0.717) is 19.1 Å². The first-order valence-corrected chi connectivity index (χ1v) is 6.48. The molecule has 98 valence electrons. The smallest absolute Gasteiger partial charge is 0.258 e. The molecule has 1 aromatic carbocycles. The zero-order chi connectivity index (χ0) is 13.3. The molecule has 18 heavy (non-hydrogen) atoms. The highest BCUT2D eigenvalue weighted by Crippen LogP contribution is 2.27. The summed E-state index contributed by atoms with van der Waals surface area (Å²) < 4.78 is 5.52. The first-order chi connectivity index (χ1) is 8.42. The van der Waals surface area contributed by atoms with Crippen LogP contribution in [0.4, 0.5) is 5.69 Å². The number of hydrogen-bond donors (Lipinski definition) is 0. The topological polar surface area (TPSA) is 29.5 Å². The van der Waals surface area contributed by atoms with Gasteiger partial charge in [-0.3, -0.25) is 4.79 Å². The van der Waals surface area contributed by atoms with Crippen LogP contribution in [0, 0.1) is 0 Å². The Morgan fingerprint density at radius 2 is 2.06 bits per heavy atom. The zero-order valence-corrected chi connectivity index (χ0v) is 11.6. The molecule has 0 bridgehead atoms. The lowest BCUT2D eigenvalue weighted by atomic mass is 10.0. The van der Waals surface area contributed by atoms with Crippen LogP contribution in [0.25, 0.3) is 0 Å². The molecule has 0 radical (unpaired) electrons. The van der Waals surface area contributed by atoms with Crippen LogP contribution in [0.3, 0.4) is 0 Å². The lowest BCUT2D eigenvalue weighted by Crippen LogP contribution is -2.53. The second-order valence-electron chi connectivity index (χ2n) is 5.57. The SMILES string of the molecule is CC(C)c1cccc(N2CCOC(C)(C)C2=O)c1. The van der Waals surface area contributed by atoms with Gasteiger partial charge in [0.25, 0.3) is 5.91 Å². The van der Waals surface area contributed by atoms with Gasteiger partial charge in [-0.15, -0.1) is 0 Å². The maximum Gasteiger partial charge on any atom is 0.258 e. The summed E-state index contributed by atoms with van der Waals surface area (Å²) in [6.07, 6.45) is 0. The maximum absolute atomic E-state index is 12.3. The number of benzene rings is 1. The number of anilines is 1. The number of morpholine rings is 1. The fourth-order valence-electron chi connectivity index (χ4n) is 2.18. The Morgan fingerprint density at radius 3 is 2.72 bits per heavy atom. The van der Waals surface area contributed by atoms with Crippen LogP contribution in [0.2, 0.25) is 0 Å². The minimum atomic E-state index is -0.716. The van der Waals surface area contributed by atoms with Gasteiger partial charge in [-0.05, 0) is 37.5 Å². The predicted octanol–water partition coefficient (Wildman–Crippen LogP) is 2.95. The molecule has 1 heterocycles. The summed E-state index contributed by atoms with van der Waals surface area (Å²) in [6.45, 7) is 9.18. The molecular weight excluding hydrogens is 226 g/mol. The molecule has 1 aliphatic heterocycles. The lowest BCUT2D eigenvalue weighted by Gasteiger charge is -2.37. The summed E-state index contributed by atoms with van der Waals surface area (Å²) in [5, 5.41) is 0. The van der Waals surface area contributed by atoms with Crippen molar-refractivity contribution in [3.63, 3.8) is 0 Å². The Morgan fingerprint density at radius 1 is 1.33 bits per heavy atom. The summed E-state index contributed by atoms with van der Waals surface area (Å²) in [5.41, 5.74) is 1.51. The Bertz CT molecular complexity index is 452. The molecule has 3 nitrogen and oxygen atoms in total. The molecule has 1 fully saturated rings. The van der Waals surface area contributed by atoms with E-state index in [1.807, 2.05) is 30.9 Å². The third-order valence-corrected chi connectivity index (χ3v) is 3.39. The van der Waals surface area contributed by atoms with Gasteiger partial charge in [0.15, 0.2) is 0 Å². The highest BCUT2D eigenvalue weighted by Gasteiger charge is 2.37. The number of hydrogen-bond acceptors (Lipinski definition) is 2. The highest BCUT2D eigenvalue weighted by molar-refractivity contribution is 5.99. The Hall–Kier alpha value is -1.35. The molecule has 0 N–H and O–H groups in total. The lowest BCUT2D eigenvalue weighted by molar-refractivity contribution is -0.144. The van der Waals surface area contributed by atoms with Crippen molar-refractivity contribution in [2.24, 2.45) is 0 Å². The molecule has 1 aliphatic rings. The van der Waals surface area contributed by atoms with E-state index >= 15 is 0 Å². The minimum Gasteiger partial charge on any atom is -0.364 e. The number of nitrogens with zero attached hydrogens (tertiary/aromatic N) is 1. The number of rotatable bonds is 2. The Kier molecular flexibility index (Phi) is 3.44. The quantitative estimate of drug-likeness (QED) is 0.804. The van der Waals surface area contributed by atoms with Crippen molar-refractivity contribution in [2.75, 3.05) is 18.1 Å². The largest absolute Gasteiger partial charge is 0.364 e. The third-order valence-electron chi connectivity index (χ3n) is 3.39. The van der Waals surface area contributed by atoms with E-state index in [1.54, 1.807) is 0 Å². The molecule has 0 atom stereocenters. The summed E-state index contributed by atoms with van der Waals surface area (Å²) in [5.74, 6) is 0.503. The van der Waals surface area contributed by atoms with Crippen molar-refractivity contribution in [1.82, 2.24) is 0 Å². The van der Waals surface area contributed by atoms with Crippen LogP contribution >= 0.6 is 0 Å². The van der Waals surface area contributed by atoms with E-state index in [1.165, 1.54) is 5.56 Å². The summed E-state index contributed by atoms with van der Waals surface area (Å²) in [7, 11) is 0. The normalized spacial score (nSPS) is 19.4. The first kappa shape index (κ1) is 13.1. The van der Waals surface area contributed by atoms with Crippen molar-refractivity contribution >= 4 is 11.6 Å². The Balaban J connectivity index is 2.31. The van der Waals surface area contributed by atoms with E-state index in [-0.39, 0.29) is 5.91 Å². The van der Waals surface area contributed by atoms with Gasteiger partial charge in [0, 0.05) is 12.2 Å². The second kappa shape index (κ2) is 4.73. The van der Waals surface area contributed by atoms with E-state index < -0.39 is 5.60 Å². The van der Waals surface area contributed by atoms with Crippen LogP contribution in [-0.2, 0) is 9.53 Å². The molecule has 2 rings (SSSR count). The number of carbonyl (C=O) groups excluding carboxylic acids is 1. The number of ether oxygens (including phenoxy) is 1. The van der Waals surface area contributed by atoms with Gasteiger partial charge in [0.1, 0.15) is 5.60 Å². The third kappa shape index (κ3) is 2.41. The van der Waals surface area contributed by atoms with Crippen LogP contribution < -0.4 is 4.90 Å². The summed E-state index contributed by atoms with van der Waals surface area (Å²) in [4.78, 5) is 14.2. The predicted molar refractivity (Wildman–Crippen MR) is 72.9 cm³/mol. The van der Waals surface area contributed by atoms with Gasteiger partial charge in [0.2, 0.25) is 0 Å². The minimum absolute atomic E-state index is 0.0367. The van der Waals surface area contributed by atoms with Crippen molar-refractivity contribution in [3.8, 4) is 0 Å². The van der Waals surface area contributed by atoms with Crippen molar-refractivity contribution in [3.05, 3.63) is 29.8 Å². The molecule has 0 aromatic heterocycles. The number of amides is 1. The molecule has 0 spiro atoms. The zero-order valence-electron chi connectivity index (χ0n) is 11.6. The van der Waals surface area contributed by atoms with Gasteiger partial charge in [0.05, 0.1) is 6.61 Å². The standard InChI is InChI=1S/C15H21NO2/c1-11(2)12-6-5-7-13(10-12)16-8-9-18-15(3,4)14(16)17/h5-7,10-11H,8-9H2,1-4H3. The molecule has 1 aromatic rings. The van der Waals surface area contributed by atoms with Crippen LogP contribution in [0.15, 0.2) is 24.3 Å². The fraction of sp³-hybridized carbons (Fsp3) is 0.533. The van der Waals surface area contributed by atoms with E-state index in [0.717, 1.165) is 5.69 Å². The Labute approximate surface area is 109 Å². The molecule has 1 saturated heterocycles. The molecule has 1 amide bonds. The second-order valence-corrected chi connectivity index (χ2v) is 5.57. The molecule has 0 saturated carbocycles. The van der Waals surface area contributed by atoms with Gasteiger partial charge < -0.3 is 9.64 Å².